The summed E-state index contributed by atoms with van der Waals surface area (Å²) in [6, 6.07) is 8.68. The van der Waals surface area contributed by atoms with Crippen molar-refractivity contribution >= 4 is 23.0 Å². The summed E-state index contributed by atoms with van der Waals surface area (Å²) in [6.45, 7) is 7.59. The molecule has 1 atom stereocenters. The van der Waals surface area contributed by atoms with E-state index in [9.17, 15) is 23.9 Å². The Bertz CT molecular complexity index is 1260. The SMILES string of the molecule is Cc1cc(F)cc(C(Nc2c(Nc3cccc(C(=O)N(C)C)c3O)c(=O)c2=O)C(C)(C)C)c1. The van der Waals surface area contributed by atoms with Crippen molar-refractivity contribution in [2.75, 3.05) is 24.7 Å². The minimum Gasteiger partial charge on any atom is -0.505 e. The van der Waals surface area contributed by atoms with E-state index in [1.165, 1.54) is 29.2 Å². The first-order valence-electron chi connectivity index (χ1n) is 10.5. The summed E-state index contributed by atoms with van der Waals surface area (Å²) in [6.07, 6.45) is 0. The zero-order chi connectivity index (χ0) is 24.7. The van der Waals surface area contributed by atoms with Crippen molar-refractivity contribution in [3.8, 4) is 5.75 Å². The molecule has 3 rings (SSSR count). The van der Waals surface area contributed by atoms with Crippen LogP contribution in [0.3, 0.4) is 0 Å². The topological polar surface area (TPSA) is 98.7 Å². The van der Waals surface area contributed by atoms with Crippen LogP contribution in [0.4, 0.5) is 21.5 Å². The van der Waals surface area contributed by atoms with E-state index in [2.05, 4.69) is 10.6 Å². The summed E-state index contributed by atoms with van der Waals surface area (Å²) < 4.78 is 14.1. The third kappa shape index (κ3) is 4.74. The number of nitrogens with zero attached hydrogens (tertiary/aromatic N) is 1. The van der Waals surface area contributed by atoms with Gasteiger partial charge in [-0.3, -0.25) is 14.4 Å². The molecule has 0 bridgehead atoms. The summed E-state index contributed by atoms with van der Waals surface area (Å²) in [7, 11) is 3.11. The molecule has 3 N–H and O–H groups in total. The standard InChI is InChI=1S/C25H28FN3O4/c1-13-10-14(12-15(26)11-13)23(25(2,3)4)28-19-18(21(31)22(19)32)27-17-9-7-8-16(20(17)30)24(33)29(5)6/h7-12,23,27-28,30H,1-6H3. The zero-order valence-electron chi connectivity index (χ0n) is 19.5. The van der Waals surface area contributed by atoms with Gasteiger partial charge in [-0.15, -0.1) is 0 Å². The van der Waals surface area contributed by atoms with E-state index < -0.39 is 34.0 Å². The van der Waals surface area contributed by atoms with Crippen LogP contribution in [0.2, 0.25) is 0 Å². The number of aryl methyl sites for hydroxylation is 1. The van der Waals surface area contributed by atoms with Crippen LogP contribution in [-0.4, -0.2) is 30.0 Å². The maximum Gasteiger partial charge on any atom is 0.257 e. The Hall–Kier alpha value is -3.68. The fourth-order valence-electron chi connectivity index (χ4n) is 3.72. The number of phenolic OH excluding ortho intramolecular Hbond substituents is 1. The molecule has 0 radical (unpaired) electrons. The molecule has 1 unspecified atom stereocenters. The quantitative estimate of drug-likeness (QED) is 0.384. The molecule has 0 heterocycles. The smallest absolute Gasteiger partial charge is 0.257 e. The molecule has 0 aliphatic heterocycles. The van der Waals surface area contributed by atoms with Crippen LogP contribution < -0.4 is 21.5 Å². The highest BCUT2D eigenvalue weighted by molar-refractivity contribution is 5.99. The van der Waals surface area contributed by atoms with Gasteiger partial charge in [0.15, 0.2) is 5.75 Å². The number of nitrogens with one attached hydrogen (secondary N) is 2. The van der Waals surface area contributed by atoms with Crippen LogP contribution >= 0.6 is 0 Å². The van der Waals surface area contributed by atoms with Crippen LogP contribution in [0.5, 0.6) is 5.75 Å². The monoisotopic (exact) mass is 453 g/mol. The van der Waals surface area contributed by atoms with E-state index in [4.69, 9.17) is 0 Å². The molecule has 0 aromatic heterocycles. The van der Waals surface area contributed by atoms with Gasteiger partial charge in [0.05, 0.1) is 17.3 Å². The molecule has 0 aliphatic rings. The number of hydrogen-bond acceptors (Lipinski definition) is 6. The molecule has 8 heteroatoms. The zero-order valence-corrected chi connectivity index (χ0v) is 19.5. The fraction of sp³-hybridized carbons (Fsp3) is 0.320. The lowest BCUT2D eigenvalue weighted by molar-refractivity contribution is 0.0824. The minimum absolute atomic E-state index is 0.0212. The third-order valence-electron chi connectivity index (χ3n) is 5.40. The number of carbonyl (C=O) groups excluding carboxylic acids is 1. The van der Waals surface area contributed by atoms with E-state index in [0.717, 1.165) is 5.56 Å². The second kappa shape index (κ2) is 8.69. The first kappa shape index (κ1) is 24.0. The van der Waals surface area contributed by atoms with Crippen LogP contribution in [0.15, 0.2) is 46.0 Å². The molecular formula is C25H28FN3O4. The molecule has 0 fully saturated rings. The van der Waals surface area contributed by atoms with Crippen molar-refractivity contribution in [2.45, 2.75) is 33.7 Å². The van der Waals surface area contributed by atoms with Crippen molar-refractivity contribution in [3.63, 3.8) is 0 Å². The number of rotatable bonds is 6. The van der Waals surface area contributed by atoms with Crippen LogP contribution in [-0.2, 0) is 0 Å². The van der Waals surface area contributed by atoms with Crippen molar-refractivity contribution in [1.82, 2.24) is 4.90 Å². The number of aromatic hydroxyl groups is 1. The van der Waals surface area contributed by atoms with E-state index in [1.807, 2.05) is 26.8 Å². The summed E-state index contributed by atoms with van der Waals surface area (Å²) >= 11 is 0. The first-order valence-corrected chi connectivity index (χ1v) is 10.5. The van der Waals surface area contributed by atoms with Gasteiger partial charge < -0.3 is 20.6 Å². The van der Waals surface area contributed by atoms with Gasteiger partial charge >= 0.3 is 0 Å². The maximum absolute atomic E-state index is 14.1. The highest BCUT2D eigenvalue weighted by atomic mass is 19.1. The maximum atomic E-state index is 14.1. The van der Waals surface area contributed by atoms with Gasteiger partial charge in [-0.1, -0.05) is 32.9 Å². The van der Waals surface area contributed by atoms with Gasteiger partial charge in [0.25, 0.3) is 16.8 Å². The normalized spacial score (nSPS) is 12.5. The van der Waals surface area contributed by atoms with Crippen molar-refractivity contribution in [3.05, 3.63) is 79.4 Å². The lowest BCUT2D eigenvalue weighted by atomic mass is 9.81. The van der Waals surface area contributed by atoms with Gasteiger partial charge in [0.2, 0.25) is 0 Å². The number of hydrogen-bond donors (Lipinski definition) is 3. The summed E-state index contributed by atoms with van der Waals surface area (Å²) in [4.78, 5) is 38.4. The molecule has 1 amide bonds. The molecule has 0 saturated heterocycles. The Morgan fingerprint density at radius 3 is 2.27 bits per heavy atom. The average Bonchev–Trinajstić information content (AvgIpc) is 2.71. The summed E-state index contributed by atoms with van der Waals surface area (Å²) in [5, 5.41) is 16.5. The van der Waals surface area contributed by atoms with E-state index >= 15 is 0 Å². The molecule has 3 aromatic rings. The van der Waals surface area contributed by atoms with Gasteiger partial charge in [-0.2, -0.15) is 0 Å². The molecular weight excluding hydrogens is 425 g/mol. The summed E-state index contributed by atoms with van der Waals surface area (Å²) in [5.74, 6) is -1.13. The molecule has 33 heavy (non-hydrogen) atoms. The fourth-order valence-corrected chi connectivity index (χ4v) is 3.72. The van der Waals surface area contributed by atoms with Crippen molar-refractivity contribution in [2.24, 2.45) is 5.41 Å². The average molecular weight is 454 g/mol. The second-order valence-electron chi connectivity index (χ2n) is 9.44. The number of anilines is 3. The Morgan fingerprint density at radius 2 is 1.70 bits per heavy atom. The van der Waals surface area contributed by atoms with Gasteiger partial charge in [0.1, 0.15) is 17.2 Å². The number of phenols is 1. The van der Waals surface area contributed by atoms with Crippen LogP contribution in [0, 0.1) is 18.2 Å². The van der Waals surface area contributed by atoms with Gasteiger partial charge in [-0.05, 0) is 47.7 Å². The first-order chi connectivity index (χ1) is 15.3. The molecule has 3 aromatic carbocycles. The number of halogens is 1. The molecule has 7 nitrogen and oxygen atoms in total. The van der Waals surface area contributed by atoms with Crippen LogP contribution in [0.25, 0.3) is 0 Å². The lowest BCUT2D eigenvalue weighted by Gasteiger charge is -2.34. The number of amides is 1. The minimum atomic E-state index is -0.746. The summed E-state index contributed by atoms with van der Waals surface area (Å²) in [5.41, 5.74) is -0.316. The predicted molar refractivity (Wildman–Crippen MR) is 128 cm³/mol. The Balaban J connectivity index is 2.00. The van der Waals surface area contributed by atoms with Crippen molar-refractivity contribution in [1.29, 1.82) is 0 Å². The predicted octanol–water partition coefficient (Wildman–Crippen LogP) is 4.08. The number of carbonyl (C=O) groups is 1. The lowest BCUT2D eigenvalue weighted by Crippen LogP contribution is -2.39. The highest BCUT2D eigenvalue weighted by Gasteiger charge is 2.32. The third-order valence-corrected chi connectivity index (χ3v) is 5.40. The van der Waals surface area contributed by atoms with E-state index in [1.54, 1.807) is 27.1 Å². The molecule has 0 saturated carbocycles. The van der Waals surface area contributed by atoms with Gasteiger partial charge in [0, 0.05) is 14.1 Å². The molecule has 0 spiro atoms. The number of para-hydroxylation sites is 1. The van der Waals surface area contributed by atoms with Gasteiger partial charge in [-0.25, -0.2) is 4.39 Å². The number of benzene rings is 2. The molecule has 174 valence electrons. The Morgan fingerprint density at radius 1 is 1.06 bits per heavy atom. The Labute approximate surface area is 191 Å². The van der Waals surface area contributed by atoms with E-state index in [0.29, 0.717) is 5.56 Å². The van der Waals surface area contributed by atoms with E-state index in [-0.39, 0.29) is 28.4 Å². The van der Waals surface area contributed by atoms with Crippen molar-refractivity contribution < 1.29 is 14.3 Å². The highest BCUT2D eigenvalue weighted by Crippen LogP contribution is 2.38. The molecule has 0 aliphatic carbocycles. The van der Waals surface area contributed by atoms with Crippen LogP contribution in [0.1, 0.15) is 48.3 Å². The largest absolute Gasteiger partial charge is 0.505 e. The second-order valence-corrected chi connectivity index (χ2v) is 9.44. The Kier molecular flexibility index (Phi) is 6.31.